The Balaban J connectivity index is 2.39. The molecule has 1 aromatic rings. The number of carbonyl (C=O) groups excluding carboxylic acids is 1. The highest BCUT2D eigenvalue weighted by molar-refractivity contribution is 5.90. The Bertz CT molecular complexity index is 415. The Morgan fingerprint density at radius 2 is 1.90 bits per heavy atom. The van der Waals surface area contributed by atoms with Gasteiger partial charge in [-0.15, -0.1) is 0 Å². The number of rotatable bonds is 9. The monoisotopic (exact) mass is 284 g/mol. The maximum atomic E-state index is 13.4. The first-order chi connectivity index (χ1) is 9.67. The summed E-state index contributed by atoms with van der Waals surface area (Å²) in [4.78, 5) is 13.6. The highest BCUT2D eigenvalue weighted by Gasteiger charge is 2.09. The number of nitrogens with one attached hydrogen (secondary N) is 1. The van der Waals surface area contributed by atoms with Crippen LogP contribution < -0.4 is 5.32 Å². The first-order valence-electron chi connectivity index (χ1n) is 6.66. The number of benzene rings is 1. The number of aliphatic hydroxyl groups excluding tert-OH is 2. The van der Waals surface area contributed by atoms with Crippen molar-refractivity contribution < 1.29 is 19.4 Å². The normalized spacial score (nSPS) is 10.8. The molecule has 0 heterocycles. The van der Waals surface area contributed by atoms with Gasteiger partial charge in [-0.25, -0.2) is 4.39 Å². The molecule has 3 N–H and O–H groups in total. The van der Waals surface area contributed by atoms with Gasteiger partial charge in [0.15, 0.2) is 0 Å². The number of carbonyl (C=O) groups is 1. The van der Waals surface area contributed by atoms with E-state index < -0.39 is 5.82 Å². The van der Waals surface area contributed by atoms with Crippen LogP contribution in [0.1, 0.15) is 12.8 Å². The third-order valence-corrected chi connectivity index (χ3v) is 2.85. The lowest BCUT2D eigenvalue weighted by molar-refractivity contribution is -0.116. The summed E-state index contributed by atoms with van der Waals surface area (Å²) in [5.74, 6) is -0.740. The number of para-hydroxylation sites is 1. The second kappa shape index (κ2) is 9.41. The van der Waals surface area contributed by atoms with E-state index in [0.717, 1.165) is 0 Å². The average molecular weight is 284 g/mol. The van der Waals surface area contributed by atoms with Crippen molar-refractivity contribution >= 4 is 11.6 Å². The largest absolute Gasteiger partial charge is 0.396 e. The number of hydrogen-bond donors (Lipinski definition) is 3. The summed E-state index contributed by atoms with van der Waals surface area (Å²) in [5, 5.41) is 20.2. The third-order valence-electron chi connectivity index (χ3n) is 2.85. The second-order valence-electron chi connectivity index (χ2n) is 4.42. The smallest absolute Gasteiger partial charge is 0.225 e. The lowest BCUT2D eigenvalue weighted by atomic mass is 10.2. The van der Waals surface area contributed by atoms with Crippen molar-refractivity contribution in [2.45, 2.75) is 12.8 Å². The van der Waals surface area contributed by atoms with Crippen LogP contribution in [0.5, 0.6) is 0 Å². The summed E-state index contributed by atoms with van der Waals surface area (Å²) in [6.07, 6.45) is 0.800. The lowest BCUT2D eigenvalue weighted by Crippen LogP contribution is -2.31. The molecule has 0 aliphatic rings. The Kier molecular flexibility index (Phi) is 7.79. The van der Waals surface area contributed by atoms with Crippen LogP contribution in [-0.2, 0) is 4.79 Å². The molecule has 0 fully saturated rings. The van der Waals surface area contributed by atoms with Crippen LogP contribution >= 0.6 is 0 Å². The molecule has 0 aromatic heterocycles. The third kappa shape index (κ3) is 6.10. The minimum Gasteiger partial charge on any atom is -0.396 e. The minimum absolute atomic E-state index is 0.000358. The Morgan fingerprint density at radius 3 is 2.55 bits per heavy atom. The average Bonchev–Trinajstić information content (AvgIpc) is 2.44. The summed E-state index contributed by atoms with van der Waals surface area (Å²) >= 11 is 0. The van der Waals surface area contributed by atoms with Crippen LogP contribution in [0.3, 0.4) is 0 Å². The number of anilines is 1. The predicted octanol–water partition coefficient (Wildman–Crippen LogP) is 0.831. The zero-order valence-corrected chi connectivity index (χ0v) is 11.4. The molecule has 0 spiro atoms. The van der Waals surface area contributed by atoms with Crippen LogP contribution in [0.15, 0.2) is 24.3 Å². The summed E-state index contributed by atoms with van der Waals surface area (Å²) in [5.41, 5.74) is 0.168. The molecule has 0 unspecified atom stereocenters. The topological polar surface area (TPSA) is 72.8 Å². The molecule has 0 bridgehead atoms. The van der Waals surface area contributed by atoms with Gasteiger partial charge in [-0.2, -0.15) is 0 Å². The van der Waals surface area contributed by atoms with E-state index in [9.17, 15) is 9.18 Å². The molecule has 1 rings (SSSR count). The molecule has 0 aliphatic heterocycles. The molecular weight excluding hydrogens is 263 g/mol. The van der Waals surface area contributed by atoms with Crippen LogP contribution in [-0.4, -0.2) is 53.9 Å². The molecule has 6 heteroatoms. The van der Waals surface area contributed by atoms with Crippen molar-refractivity contribution in [1.29, 1.82) is 0 Å². The van der Waals surface area contributed by atoms with Crippen molar-refractivity contribution in [3.63, 3.8) is 0 Å². The standard InChI is InChI=1S/C14H21FN2O3/c15-12-4-1-2-5-13(12)16-14(20)6-8-17(9-11-19)7-3-10-18/h1-2,4-5,18-19H,3,6-11H2,(H,16,20). The fraction of sp³-hybridized carbons (Fsp3) is 0.500. The molecular formula is C14H21FN2O3. The predicted molar refractivity (Wildman–Crippen MR) is 74.9 cm³/mol. The lowest BCUT2D eigenvalue weighted by Gasteiger charge is -2.20. The van der Waals surface area contributed by atoms with Crippen molar-refractivity contribution in [1.82, 2.24) is 4.90 Å². The van der Waals surface area contributed by atoms with Crippen LogP contribution in [0.4, 0.5) is 10.1 Å². The van der Waals surface area contributed by atoms with E-state index in [4.69, 9.17) is 10.2 Å². The first kappa shape index (κ1) is 16.6. The van der Waals surface area contributed by atoms with Crippen LogP contribution in [0.25, 0.3) is 0 Å². The molecule has 20 heavy (non-hydrogen) atoms. The fourth-order valence-electron chi connectivity index (χ4n) is 1.81. The van der Waals surface area contributed by atoms with E-state index in [0.29, 0.717) is 26.1 Å². The van der Waals surface area contributed by atoms with Gasteiger partial charge in [0.1, 0.15) is 5.82 Å². The molecule has 0 atom stereocenters. The summed E-state index contributed by atoms with van der Waals surface area (Å²) in [6, 6.07) is 6.00. The Labute approximate surface area is 118 Å². The first-order valence-corrected chi connectivity index (χ1v) is 6.66. The number of aliphatic hydroxyl groups is 2. The molecule has 0 aliphatic carbocycles. The highest BCUT2D eigenvalue weighted by Crippen LogP contribution is 2.12. The van der Waals surface area contributed by atoms with Gasteiger partial charge in [0.2, 0.25) is 5.91 Å². The molecule has 0 saturated carbocycles. The van der Waals surface area contributed by atoms with E-state index in [-0.39, 0.29) is 31.2 Å². The van der Waals surface area contributed by atoms with Gasteiger partial charge in [0.25, 0.3) is 0 Å². The molecule has 1 aromatic carbocycles. The molecule has 112 valence electrons. The molecule has 0 radical (unpaired) electrons. The number of halogens is 1. The summed E-state index contributed by atoms with van der Waals surface area (Å²) in [6.45, 7) is 1.60. The van der Waals surface area contributed by atoms with Gasteiger partial charge >= 0.3 is 0 Å². The van der Waals surface area contributed by atoms with Crippen molar-refractivity contribution in [2.24, 2.45) is 0 Å². The molecule has 5 nitrogen and oxygen atoms in total. The maximum Gasteiger partial charge on any atom is 0.225 e. The van der Waals surface area contributed by atoms with Crippen LogP contribution in [0, 0.1) is 5.82 Å². The van der Waals surface area contributed by atoms with Gasteiger partial charge in [0.05, 0.1) is 12.3 Å². The van der Waals surface area contributed by atoms with Gasteiger partial charge in [-0.3, -0.25) is 4.79 Å². The van der Waals surface area contributed by atoms with Crippen molar-refractivity contribution in [2.75, 3.05) is 38.2 Å². The number of hydrogen-bond acceptors (Lipinski definition) is 4. The van der Waals surface area contributed by atoms with Crippen LogP contribution in [0.2, 0.25) is 0 Å². The quantitative estimate of drug-likeness (QED) is 0.628. The zero-order chi connectivity index (χ0) is 14.8. The van der Waals surface area contributed by atoms with E-state index in [2.05, 4.69) is 5.32 Å². The molecule has 0 saturated heterocycles. The van der Waals surface area contributed by atoms with E-state index in [1.54, 1.807) is 12.1 Å². The summed E-state index contributed by atoms with van der Waals surface area (Å²) < 4.78 is 13.4. The van der Waals surface area contributed by atoms with Gasteiger partial charge in [-0.1, -0.05) is 12.1 Å². The van der Waals surface area contributed by atoms with Gasteiger partial charge in [0, 0.05) is 32.7 Å². The van der Waals surface area contributed by atoms with Gasteiger partial charge < -0.3 is 20.4 Å². The second-order valence-corrected chi connectivity index (χ2v) is 4.42. The van der Waals surface area contributed by atoms with Crippen molar-refractivity contribution in [3.8, 4) is 0 Å². The number of nitrogens with zero attached hydrogens (tertiary/aromatic N) is 1. The molecule has 1 amide bonds. The Morgan fingerprint density at radius 1 is 1.15 bits per heavy atom. The van der Waals surface area contributed by atoms with Gasteiger partial charge in [-0.05, 0) is 18.6 Å². The minimum atomic E-state index is -0.464. The number of amides is 1. The fourth-order valence-corrected chi connectivity index (χ4v) is 1.81. The summed E-state index contributed by atoms with van der Waals surface area (Å²) in [7, 11) is 0. The van der Waals surface area contributed by atoms with E-state index >= 15 is 0 Å². The SMILES string of the molecule is O=C(CCN(CCO)CCCO)Nc1ccccc1F. The van der Waals surface area contributed by atoms with Crippen molar-refractivity contribution in [3.05, 3.63) is 30.1 Å². The highest BCUT2D eigenvalue weighted by atomic mass is 19.1. The maximum absolute atomic E-state index is 13.4. The van der Waals surface area contributed by atoms with E-state index in [1.165, 1.54) is 12.1 Å². The Hall–Kier alpha value is -1.50. The van der Waals surface area contributed by atoms with E-state index in [1.807, 2.05) is 4.90 Å². The zero-order valence-electron chi connectivity index (χ0n) is 11.4.